The summed E-state index contributed by atoms with van der Waals surface area (Å²) in [7, 11) is -4.64. The highest BCUT2D eigenvalue weighted by atomic mass is 31.2. The Hall–Kier alpha value is -0.390. The van der Waals surface area contributed by atoms with Gasteiger partial charge in [-0.1, -0.05) is 13.8 Å². The number of rotatable bonds is 5. The summed E-state index contributed by atoms with van der Waals surface area (Å²) in [4.78, 5) is 21.6. The molecule has 6 N–H and O–H groups in total. The van der Waals surface area contributed by atoms with Crippen LogP contribution in [0.1, 0.15) is 26.7 Å². The van der Waals surface area contributed by atoms with Crippen LogP contribution in [0.2, 0.25) is 0 Å². The predicted molar refractivity (Wildman–Crippen MR) is 65.7 cm³/mol. The summed E-state index contributed by atoms with van der Waals surface area (Å²) in [6, 6.07) is -0.237. The van der Waals surface area contributed by atoms with Crippen LogP contribution in [0.3, 0.4) is 0 Å². The van der Waals surface area contributed by atoms with Crippen LogP contribution in [0.5, 0.6) is 0 Å². The summed E-state index contributed by atoms with van der Waals surface area (Å²) in [5.74, 6) is 0. The van der Waals surface area contributed by atoms with Crippen LogP contribution in [0.4, 0.5) is 26.3 Å². The third-order valence-corrected chi connectivity index (χ3v) is 1.97. The molecule has 0 rings (SSSR count). The minimum atomic E-state index is -4.72. The molecule has 0 spiro atoms. The van der Waals surface area contributed by atoms with Crippen LogP contribution >= 0.6 is 7.82 Å². The van der Waals surface area contributed by atoms with Gasteiger partial charge >= 0.3 is 20.2 Å². The van der Waals surface area contributed by atoms with Gasteiger partial charge in [-0.15, -0.1) is 0 Å². The second kappa shape index (κ2) is 8.46. The summed E-state index contributed by atoms with van der Waals surface area (Å²) in [5.41, 5.74) is 2.86. The number of nitrogens with two attached hydrogens (primary N) is 1. The Balaban J connectivity index is 0. The first-order valence-electron chi connectivity index (χ1n) is 5.77. The van der Waals surface area contributed by atoms with Crippen molar-refractivity contribution in [2.45, 2.75) is 50.6 Å². The fourth-order valence-corrected chi connectivity index (χ4v) is 1.39. The second-order valence-electron chi connectivity index (χ2n) is 5.00. The molecule has 0 unspecified atom stereocenters. The molecule has 0 fully saturated rings. The molecule has 0 atom stereocenters. The lowest BCUT2D eigenvalue weighted by molar-refractivity contribution is -0.177. The van der Waals surface area contributed by atoms with Gasteiger partial charge < -0.3 is 25.7 Å². The highest BCUT2D eigenvalue weighted by Gasteiger charge is 2.46. The zero-order chi connectivity index (χ0) is 18.4. The van der Waals surface area contributed by atoms with E-state index in [1.807, 2.05) is 0 Å². The van der Waals surface area contributed by atoms with Crippen molar-refractivity contribution in [3.8, 4) is 0 Å². The highest BCUT2D eigenvalue weighted by molar-refractivity contribution is 7.45. The smallest absolute Gasteiger partial charge is 0.323 e. The van der Waals surface area contributed by atoms with E-state index in [9.17, 15) is 26.3 Å². The summed E-state index contributed by atoms with van der Waals surface area (Å²) < 4.78 is 81.9. The first-order chi connectivity index (χ1) is 9.33. The van der Waals surface area contributed by atoms with Gasteiger partial charge in [0.15, 0.2) is 0 Å². The number of hydrogen-bond donors (Lipinski definition) is 5. The molecule has 6 nitrogen and oxygen atoms in total. The molecule has 0 amide bonds. The highest BCUT2D eigenvalue weighted by Crippen LogP contribution is 2.34. The number of alkyl halides is 6. The lowest BCUT2D eigenvalue weighted by Crippen LogP contribution is -2.55. The minimum absolute atomic E-state index is 0.237. The van der Waals surface area contributed by atoms with Crippen LogP contribution < -0.4 is 11.1 Å². The van der Waals surface area contributed by atoms with Crippen molar-refractivity contribution in [2.75, 3.05) is 6.54 Å². The molecule has 0 aromatic carbocycles. The quantitative estimate of drug-likeness (QED) is 0.374. The topological polar surface area (TPSA) is 116 Å². The first-order valence-corrected chi connectivity index (χ1v) is 7.33. The van der Waals surface area contributed by atoms with Gasteiger partial charge in [0, 0.05) is 18.1 Å². The molecule has 22 heavy (non-hydrogen) atoms. The number of hydrogen-bond acceptors (Lipinski definition) is 3. The summed E-state index contributed by atoms with van der Waals surface area (Å²) in [6.45, 7) is 2.69. The van der Waals surface area contributed by atoms with E-state index in [-0.39, 0.29) is 6.04 Å². The van der Waals surface area contributed by atoms with E-state index in [0.717, 1.165) is 0 Å². The standard InChI is InChI=1S/C9H16F6N2.H3O4P/c1-6(2)17-5-7(16,3-8(10,11)12)4-9(13,14)15;1-5(2,3)4/h6,17H,3-5,16H2,1-2H3;(H3,1,2,3,4). The fourth-order valence-electron chi connectivity index (χ4n) is 1.39. The molecule has 0 aliphatic heterocycles. The molecule has 0 aliphatic rings. The Morgan fingerprint density at radius 3 is 1.45 bits per heavy atom. The summed E-state index contributed by atoms with van der Waals surface area (Å²) in [5, 5.41) is 2.51. The van der Waals surface area contributed by atoms with Gasteiger partial charge in [0.05, 0.1) is 12.8 Å². The Bertz CT molecular complexity index is 344. The van der Waals surface area contributed by atoms with Crippen LogP contribution in [-0.2, 0) is 4.57 Å². The molecular weight excluding hydrogens is 345 g/mol. The van der Waals surface area contributed by atoms with Crippen molar-refractivity contribution in [3.05, 3.63) is 0 Å². The van der Waals surface area contributed by atoms with Crippen molar-refractivity contribution < 1.29 is 45.6 Å². The Morgan fingerprint density at radius 2 is 1.27 bits per heavy atom. The lowest BCUT2D eigenvalue weighted by atomic mass is 9.91. The normalized spacial score (nSPS) is 13.9. The van der Waals surface area contributed by atoms with Gasteiger partial charge in [-0.25, -0.2) is 4.57 Å². The Labute approximate surface area is 122 Å². The average molecular weight is 364 g/mol. The van der Waals surface area contributed by atoms with Crippen molar-refractivity contribution in [1.29, 1.82) is 0 Å². The molecule has 0 bridgehead atoms. The van der Waals surface area contributed by atoms with Crippen molar-refractivity contribution in [2.24, 2.45) is 5.73 Å². The largest absolute Gasteiger partial charge is 0.466 e. The van der Waals surface area contributed by atoms with Gasteiger partial charge in [-0.05, 0) is 0 Å². The molecule has 0 aromatic rings. The Morgan fingerprint density at radius 1 is 1.00 bits per heavy atom. The maximum atomic E-state index is 12.2. The van der Waals surface area contributed by atoms with Gasteiger partial charge in [0.2, 0.25) is 0 Å². The number of nitrogens with one attached hydrogen (secondary N) is 1. The third-order valence-electron chi connectivity index (χ3n) is 1.97. The molecule has 0 aliphatic carbocycles. The molecule has 0 saturated carbocycles. The predicted octanol–water partition coefficient (Wildman–Crippen LogP) is 1.66. The van der Waals surface area contributed by atoms with Gasteiger partial charge in [0.25, 0.3) is 0 Å². The van der Waals surface area contributed by atoms with Crippen molar-refractivity contribution >= 4 is 7.82 Å². The van der Waals surface area contributed by atoms with Crippen LogP contribution in [0.25, 0.3) is 0 Å². The van der Waals surface area contributed by atoms with Gasteiger partial charge in [-0.3, -0.25) is 0 Å². The molecule has 13 heteroatoms. The summed E-state index contributed by atoms with van der Waals surface area (Å²) in [6.07, 6.45) is -12.8. The van der Waals surface area contributed by atoms with Crippen LogP contribution in [-0.4, -0.2) is 45.2 Å². The maximum absolute atomic E-state index is 12.2. The van der Waals surface area contributed by atoms with E-state index in [4.69, 9.17) is 25.0 Å². The minimum Gasteiger partial charge on any atom is -0.323 e. The van der Waals surface area contributed by atoms with E-state index in [1.165, 1.54) is 0 Å². The van der Waals surface area contributed by atoms with E-state index >= 15 is 0 Å². The van der Waals surface area contributed by atoms with E-state index in [0.29, 0.717) is 0 Å². The van der Waals surface area contributed by atoms with Crippen molar-refractivity contribution in [1.82, 2.24) is 5.32 Å². The SMILES string of the molecule is CC(C)NCC(N)(CC(F)(F)F)CC(F)(F)F.O=P(O)(O)O. The van der Waals surface area contributed by atoms with Crippen LogP contribution in [0, 0.1) is 0 Å². The molecule has 136 valence electrons. The molecule has 0 heterocycles. The van der Waals surface area contributed by atoms with E-state index in [1.54, 1.807) is 13.8 Å². The monoisotopic (exact) mass is 364 g/mol. The average Bonchev–Trinajstić information content (AvgIpc) is 2.05. The molecule has 0 saturated heterocycles. The molecule has 0 radical (unpaired) electrons. The molecular formula is C9H19F6N2O4P. The second-order valence-corrected chi connectivity index (χ2v) is 6.02. The Kier molecular flexibility index (Phi) is 9.18. The van der Waals surface area contributed by atoms with E-state index in [2.05, 4.69) is 5.32 Å². The van der Waals surface area contributed by atoms with Gasteiger partial charge in [-0.2, -0.15) is 26.3 Å². The van der Waals surface area contributed by atoms with Crippen molar-refractivity contribution in [3.63, 3.8) is 0 Å². The fraction of sp³-hybridized carbons (Fsp3) is 1.00. The van der Waals surface area contributed by atoms with Gasteiger partial charge in [0.1, 0.15) is 0 Å². The first kappa shape index (κ1) is 23.9. The molecule has 0 aromatic heterocycles. The summed E-state index contributed by atoms with van der Waals surface area (Å²) >= 11 is 0. The zero-order valence-electron chi connectivity index (χ0n) is 11.7. The van der Waals surface area contributed by atoms with Crippen LogP contribution in [0.15, 0.2) is 0 Å². The maximum Gasteiger partial charge on any atom is 0.466 e. The number of halogens is 6. The lowest BCUT2D eigenvalue weighted by Gasteiger charge is -2.32. The third kappa shape index (κ3) is 21.9. The zero-order valence-corrected chi connectivity index (χ0v) is 12.6. The number of phosphoric acid groups is 1. The van der Waals surface area contributed by atoms with E-state index < -0.39 is 45.1 Å².